The summed E-state index contributed by atoms with van der Waals surface area (Å²) in [5.74, 6) is -1.97. The Morgan fingerprint density at radius 3 is 2.45 bits per heavy atom. The number of aryl methyl sites for hydroxylation is 1. The Bertz CT molecular complexity index is 860. The van der Waals surface area contributed by atoms with Crippen LogP contribution in [0.15, 0.2) is 24.8 Å². The smallest absolute Gasteiger partial charge is 0.475 e. The van der Waals surface area contributed by atoms with Crippen LogP contribution in [0.5, 0.6) is 0 Å². The number of alkyl halides is 3. The molecule has 0 saturated heterocycles. The van der Waals surface area contributed by atoms with Gasteiger partial charge in [0.05, 0.1) is 13.2 Å². The monoisotopic (exact) mass is 441 g/mol. The molecule has 170 valence electrons. The molecule has 0 unspecified atom stereocenters. The second kappa shape index (κ2) is 11.0. The van der Waals surface area contributed by atoms with E-state index in [-0.39, 0.29) is 0 Å². The summed E-state index contributed by atoms with van der Waals surface area (Å²) >= 11 is 0. The molecule has 3 rings (SSSR count). The standard InChI is InChI=1S/C18H25N5O.C2HF3O2/c1-14-8-20-18(21-9-14)23-5-4-17-15(12-23)10-19-11-16(17)13-24-7-6-22(2)3;3-2(4,5)1(6)7/h8-11H,4-7,12-13H2,1-3H3;(H,6,7). The van der Waals surface area contributed by atoms with E-state index in [0.29, 0.717) is 6.61 Å². The van der Waals surface area contributed by atoms with E-state index >= 15 is 0 Å². The zero-order chi connectivity index (χ0) is 23.0. The molecule has 0 aromatic carbocycles. The zero-order valence-corrected chi connectivity index (χ0v) is 17.7. The van der Waals surface area contributed by atoms with Gasteiger partial charge in [-0.1, -0.05) is 0 Å². The van der Waals surface area contributed by atoms with Crippen molar-refractivity contribution in [1.82, 2.24) is 19.9 Å². The summed E-state index contributed by atoms with van der Waals surface area (Å²) in [5, 5.41) is 7.12. The van der Waals surface area contributed by atoms with Crippen LogP contribution < -0.4 is 4.90 Å². The Morgan fingerprint density at radius 1 is 1.23 bits per heavy atom. The van der Waals surface area contributed by atoms with Crippen molar-refractivity contribution in [3.63, 3.8) is 0 Å². The van der Waals surface area contributed by atoms with Crippen molar-refractivity contribution in [1.29, 1.82) is 0 Å². The fourth-order valence-corrected chi connectivity index (χ4v) is 2.84. The van der Waals surface area contributed by atoms with Gasteiger partial charge in [-0.25, -0.2) is 14.8 Å². The number of halogens is 3. The molecule has 11 heteroatoms. The number of aromatic nitrogens is 3. The molecule has 0 saturated carbocycles. The van der Waals surface area contributed by atoms with Crippen molar-refractivity contribution in [2.45, 2.75) is 32.7 Å². The van der Waals surface area contributed by atoms with Crippen LogP contribution in [0.1, 0.15) is 22.3 Å². The minimum absolute atomic E-state index is 0.630. The van der Waals surface area contributed by atoms with E-state index < -0.39 is 12.1 Å². The third-order valence-electron chi connectivity index (χ3n) is 4.46. The molecule has 31 heavy (non-hydrogen) atoms. The quantitative estimate of drug-likeness (QED) is 0.684. The molecule has 8 nitrogen and oxygen atoms in total. The van der Waals surface area contributed by atoms with E-state index in [2.05, 4.69) is 38.8 Å². The molecule has 0 bridgehead atoms. The first-order valence-corrected chi connectivity index (χ1v) is 9.58. The van der Waals surface area contributed by atoms with Crippen molar-refractivity contribution in [2.75, 3.05) is 38.7 Å². The number of carboxylic acid groups (broad SMARTS) is 1. The van der Waals surface area contributed by atoms with Gasteiger partial charge in [0.15, 0.2) is 0 Å². The predicted molar refractivity (Wildman–Crippen MR) is 108 cm³/mol. The lowest BCUT2D eigenvalue weighted by Crippen LogP contribution is -2.32. The van der Waals surface area contributed by atoms with Crippen LogP contribution in [0.2, 0.25) is 0 Å². The van der Waals surface area contributed by atoms with Gasteiger partial charge in [-0.15, -0.1) is 0 Å². The van der Waals surface area contributed by atoms with Crippen LogP contribution in [0.25, 0.3) is 0 Å². The summed E-state index contributed by atoms with van der Waals surface area (Å²) < 4.78 is 37.5. The van der Waals surface area contributed by atoms with Crippen LogP contribution in [0.4, 0.5) is 19.1 Å². The summed E-state index contributed by atoms with van der Waals surface area (Å²) in [4.78, 5) is 26.5. The van der Waals surface area contributed by atoms with Gasteiger partial charge >= 0.3 is 12.1 Å². The van der Waals surface area contributed by atoms with Gasteiger partial charge in [0.25, 0.3) is 0 Å². The second-order valence-corrected chi connectivity index (χ2v) is 7.33. The van der Waals surface area contributed by atoms with Crippen LogP contribution in [-0.4, -0.2) is 70.9 Å². The maximum atomic E-state index is 10.6. The minimum atomic E-state index is -5.08. The Labute approximate surface area is 178 Å². The highest BCUT2D eigenvalue weighted by atomic mass is 19.4. The van der Waals surface area contributed by atoms with Gasteiger partial charge in [0.2, 0.25) is 5.95 Å². The number of nitrogens with zero attached hydrogens (tertiary/aromatic N) is 5. The lowest BCUT2D eigenvalue weighted by molar-refractivity contribution is -0.192. The molecule has 0 fully saturated rings. The predicted octanol–water partition coefficient (Wildman–Crippen LogP) is 2.45. The number of carbonyl (C=O) groups is 1. The molecule has 0 spiro atoms. The van der Waals surface area contributed by atoms with Crippen molar-refractivity contribution in [3.05, 3.63) is 47.0 Å². The molecule has 0 radical (unpaired) electrons. The largest absolute Gasteiger partial charge is 0.490 e. The Morgan fingerprint density at radius 2 is 1.87 bits per heavy atom. The second-order valence-electron chi connectivity index (χ2n) is 7.33. The highest BCUT2D eigenvalue weighted by Gasteiger charge is 2.38. The van der Waals surface area contributed by atoms with E-state index in [9.17, 15) is 13.2 Å². The first kappa shape index (κ1) is 24.5. The molecule has 1 aliphatic heterocycles. The summed E-state index contributed by atoms with van der Waals surface area (Å²) in [6, 6.07) is 0. The number of rotatable bonds is 6. The highest BCUT2D eigenvalue weighted by molar-refractivity contribution is 5.73. The lowest BCUT2D eigenvalue weighted by Gasteiger charge is -2.29. The third-order valence-corrected chi connectivity index (χ3v) is 4.46. The number of aliphatic carboxylic acids is 1. The Hall–Kier alpha value is -2.79. The fourth-order valence-electron chi connectivity index (χ4n) is 2.84. The number of hydrogen-bond donors (Lipinski definition) is 1. The van der Waals surface area contributed by atoms with E-state index in [4.69, 9.17) is 14.6 Å². The molecular weight excluding hydrogens is 415 g/mol. The number of fused-ring (bicyclic) bond motifs is 1. The topological polar surface area (TPSA) is 91.7 Å². The van der Waals surface area contributed by atoms with Crippen molar-refractivity contribution in [2.24, 2.45) is 0 Å². The molecule has 3 heterocycles. The third kappa shape index (κ3) is 7.76. The van der Waals surface area contributed by atoms with Crippen LogP contribution in [0.3, 0.4) is 0 Å². The normalized spacial score (nSPS) is 13.5. The van der Waals surface area contributed by atoms with Crippen molar-refractivity contribution >= 4 is 11.9 Å². The molecule has 1 aliphatic rings. The lowest BCUT2D eigenvalue weighted by atomic mass is 9.98. The number of anilines is 1. The number of ether oxygens (including phenoxy) is 1. The van der Waals surface area contributed by atoms with Crippen LogP contribution in [-0.2, 0) is 29.1 Å². The first-order chi connectivity index (χ1) is 14.6. The molecule has 0 atom stereocenters. The molecule has 2 aromatic rings. The maximum Gasteiger partial charge on any atom is 0.490 e. The number of likely N-dealkylation sites (N-methyl/N-ethyl adjacent to an activating group) is 1. The highest BCUT2D eigenvalue weighted by Crippen LogP contribution is 2.24. The van der Waals surface area contributed by atoms with Crippen molar-refractivity contribution < 1.29 is 27.8 Å². The van der Waals surface area contributed by atoms with Gasteiger partial charge in [0, 0.05) is 44.4 Å². The molecular formula is C20H26F3N5O3. The maximum absolute atomic E-state index is 10.6. The molecule has 0 aliphatic carbocycles. The van der Waals surface area contributed by atoms with Gasteiger partial charge in [-0.2, -0.15) is 13.2 Å². The van der Waals surface area contributed by atoms with Gasteiger partial charge in [-0.05, 0) is 49.7 Å². The van der Waals surface area contributed by atoms with E-state index in [1.165, 1.54) is 16.7 Å². The SMILES string of the molecule is Cc1cnc(N2CCc3c(COCCN(C)C)cncc3C2)nc1.O=C(O)C(F)(F)F. The number of pyridine rings is 1. The summed E-state index contributed by atoms with van der Waals surface area (Å²) in [6.45, 7) is 6.02. The van der Waals surface area contributed by atoms with Gasteiger partial charge in [-0.3, -0.25) is 4.98 Å². The average Bonchev–Trinajstić information content (AvgIpc) is 2.71. The number of hydrogen-bond acceptors (Lipinski definition) is 7. The fraction of sp³-hybridized carbons (Fsp3) is 0.500. The summed E-state index contributed by atoms with van der Waals surface area (Å²) in [5.41, 5.74) is 4.91. The van der Waals surface area contributed by atoms with E-state index in [1.54, 1.807) is 0 Å². The number of carboxylic acids is 1. The van der Waals surface area contributed by atoms with E-state index in [0.717, 1.165) is 44.2 Å². The minimum Gasteiger partial charge on any atom is -0.475 e. The summed E-state index contributed by atoms with van der Waals surface area (Å²) in [6.07, 6.45) is 3.52. The van der Waals surface area contributed by atoms with Gasteiger partial charge in [0.1, 0.15) is 0 Å². The van der Waals surface area contributed by atoms with Crippen LogP contribution >= 0.6 is 0 Å². The average molecular weight is 441 g/mol. The Balaban J connectivity index is 0.000000423. The first-order valence-electron chi connectivity index (χ1n) is 9.58. The zero-order valence-electron chi connectivity index (χ0n) is 17.7. The molecule has 1 N–H and O–H groups in total. The van der Waals surface area contributed by atoms with E-state index in [1.807, 2.05) is 31.7 Å². The summed E-state index contributed by atoms with van der Waals surface area (Å²) in [7, 11) is 4.11. The molecule has 0 amide bonds. The Kier molecular flexibility index (Phi) is 8.69. The van der Waals surface area contributed by atoms with Crippen molar-refractivity contribution in [3.8, 4) is 0 Å². The van der Waals surface area contributed by atoms with Crippen LogP contribution in [0, 0.1) is 6.92 Å². The van der Waals surface area contributed by atoms with Gasteiger partial charge < -0.3 is 19.6 Å². The molecule has 2 aromatic heterocycles.